The fraction of sp³-hybridized carbons (Fsp3) is 0.778. The van der Waals surface area contributed by atoms with Crippen LogP contribution >= 0.6 is 7.37 Å². The zero-order chi connectivity index (χ0) is 12.4. The first-order chi connectivity index (χ1) is 7.29. The molecule has 2 unspecified atom stereocenters. The van der Waals surface area contributed by atoms with Gasteiger partial charge in [0.05, 0.1) is 6.61 Å². The number of rotatable bonds is 5. The van der Waals surface area contributed by atoms with Gasteiger partial charge in [-0.25, -0.2) is 4.79 Å². The summed E-state index contributed by atoms with van der Waals surface area (Å²) in [4.78, 5) is 22.4. The summed E-state index contributed by atoms with van der Waals surface area (Å²) in [6, 6.07) is -0.505. The molecule has 92 valence electrons. The van der Waals surface area contributed by atoms with Crippen molar-refractivity contribution in [2.24, 2.45) is 0 Å². The van der Waals surface area contributed by atoms with Crippen molar-refractivity contribution in [3.8, 4) is 0 Å². The van der Waals surface area contributed by atoms with E-state index in [-0.39, 0.29) is 12.1 Å². The molecule has 1 fully saturated rings. The second kappa shape index (κ2) is 4.55. The van der Waals surface area contributed by atoms with Gasteiger partial charge in [-0.2, -0.15) is 0 Å². The van der Waals surface area contributed by atoms with E-state index >= 15 is 0 Å². The van der Waals surface area contributed by atoms with Crippen molar-refractivity contribution in [2.75, 3.05) is 19.4 Å². The maximum absolute atomic E-state index is 11.8. The largest absolute Gasteiger partial charge is 0.329 e. The van der Waals surface area contributed by atoms with Crippen LogP contribution in [-0.2, 0) is 13.9 Å². The van der Waals surface area contributed by atoms with E-state index in [0.717, 1.165) is 0 Å². The first-order valence-corrected chi connectivity index (χ1v) is 7.39. The molecule has 2 atom stereocenters. The zero-order valence-electron chi connectivity index (χ0n) is 9.70. The van der Waals surface area contributed by atoms with Crippen LogP contribution in [0.3, 0.4) is 0 Å². The van der Waals surface area contributed by atoms with E-state index in [0.29, 0.717) is 13.0 Å². The topological polar surface area (TPSA) is 84.5 Å². The van der Waals surface area contributed by atoms with E-state index in [9.17, 15) is 14.2 Å². The molecule has 7 heteroatoms. The minimum atomic E-state index is -2.67. The molecule has 0 aromatic heterocycles. The molecule has 1 aliphatic rings. The van der Waals surface area contributed by atoms with E-state index in [1.54, 1.807) is 13.8 Å². The monoisotopic (exact) mass is 248 g/mol. The summed E-state index contributed by atoms with van der Waals surface area (Å²) in [5, 5.41) is 4.67. The quantitative estimate of drug-likeness (QED) is 0.559. The fourth-order valence-electron chi connectivity index (χ4n) is 1.52. The van der Waals surface area contributed by atoms with Crippen molar-refractivity contribution in [3.05, 3.63) is 0 Å². The first-order valence-electron chi connectivity index (χ1n) is 5.14. The lowest BCUT2D eigenvalue weighted by Crippen LogP contribution is -2.44. The maximum Gasteiger partial charge on any atom is 0.322 e. The number of nitrogens with one attached hydrogen (secondary N) is 2. The highest BCUT2D eigenvalue weighted by atomic mass is 31.2. The molecule has 0 aliphatic carbocycles. The van der Waals surface area contributed by atoms with Gasteiger partial charge in [0.1, 0.15) is 5.54 Å². The summed E-state index contributed by atoms with van der Waals surface area (Å²) in [5.41, 5.74) is -0.972. The molecule has 0 saturated carbocycles. The van der Waals surface area contributed by atoms with Crippen LogP contribution in [0.2, 0.25) is 0 Å². The minimum absolute atomic E-state index is 0.269. The molecule has 3 amide bonds. The van der Waals surface area contributed by atoms with Crippen LogP contribution in [-0.4, -0.2) is 36.9 Å². The molecule has 0 aromatic carbocycles. The molecule has 1 rings (SSSR count). The predicted molar refractivity (Wildman–Crippen MR) is 59.7 cm³/mol. The van der Waals surface area contributed by atoms with Crippen molar-refractivity contribution >= 4 is 19.3 Å². The molecule has 1 heterocycles. The van der Waals surface area contributed by atoms with Crippen LogP contribution in [0.1, 0.15) is 20.3 Å². The summed E-state index contributed by atoms with van der Waals surface area (Å²) in [5.74, 6) is -0.381. The Bertz CT molecular complexity index is 357. The molecular weight excluding hydrogens is 231 g/mol. The Kier molecular flexibility index (Phi) is 3.76. The lowest BCUT2D eigenvalue weighted by atomic mass is 10.00. The first kappa shape index (κ1) is 13.2. The highest BCUT2D eigenvalue weighted by Gasteiger charge is 2.42. The molecule has 2 N–H and O–H groups in total. The van der Waals surface area contributed by atoms with Gasteiger partial charge in [0.2, 0.25) is 0 Å². The minimum Gasteiger partial charge on any atom is -0.329 e. The highest BCUT2D eigenvalue weighted by Crippen LogP contribution is 2.44. The number of carbonyl (C=O) groups excluding carboxylic acids is 2. The van der Waals surface area contributed by atoms with Crippen LogP contribution < -0.4 is 10.6 Å². The lowest BCUT2D eigenvalue weighted by molar-refractivity contribution is -0.123. The predicted octanol–water partition coefficient (Wildman–Crippen LogP) is 0.919. The SMILES string of the molecule is CCOP(C)(=O)CCC1(C)NC(=O)NC1=O. The van der Waals surface area contributed by atoms with Crippen LogP contribution in [0.5, 0.6) is 0 Å². The molecule has 6 nitrogen and oxygen atoms in total. The Morgan fingerprint density at radius 3 is 2.50 bits per heavy atom. The standard InChI is InChI=1S/C9H17N2O4P/c1-4-15-16(3,14)6-5-9(2)7(12)10-8(13)11-9/h4-6H2,1-3H3,(H2,10,11,12,13). The molecule has 0 bridgehead atoms. The molecule has 0 spiro atoms. The molecule has 0 aromatic rings. The van der Waals surface area contributed by atoms with Crippen molar-refractivity contribution in [1.29, 1.82) is 0 Å². The Morgan fingerprint density at radius 1 is 1.44 bits per heavy atom. The average molecular weight is 248 g/mol. The highest BCUT2D eigenvalue weighted by molar-refractivity contribution is 7.58. The van der Waals surface area contributed by atoms with Crippen molar-refractivity contribution in [2.45, 2.75) is 25.8 Å². The summed E-state index contributed by atoms with van der Waals surface area (Å²) >= 11 is 0. The number of hydrogen-bond acceptors (Lipinski definition) is 4. The number of carbonyl (C=O) groups is 2. The van der Waals surface area contributed by atoms with Gasteiger partial charge in [-0.05, 0) is 20.3 Å². The fourth-order valence-corrected chi connectivity index (χ4v) is 3.05. The van der Waals surface area contributed by atoms with Crippen LogP contribution in [0.25, 0.3) is 0 Å². The van der Waals surface area contributed by atoms with Crippen molar-refractivity contribution in [3.63, 3.8) is 0 Å². The Morgan fingerprint density at radius 2 is 2.06 bits per heavy atom. The van der Waals surface area contributed by atoms with Gasteiger partial charge < -0.3 is 9.84 Å². The van der Waals surface area contributed by atoms with Crippen LogP contribution in [0.15, 0.2) is 0 Å². The number of urea groups is 1. The second-order valence-electron chi connectivity index (χ2n) is 4.15. The van der Waals surface area contributed by atoms with E-state index < -0.39 is 18.9 Å². The third kappa shape index (κ3) is 3.06. The average Bonchev–Trinajstić information content (AvgIpc) is 2.38. The van der Waals surface area contributed by atoms with Gasteiger partial charge in [-0.3, -0.25) is 14.7 Å². The third-order valence-electron chi connectivity index (χ3n) is 2.54. The van der Waals surface area contributed by atoms with E-state index in [1.165, 1.54) is 6.66 Å². The Labute approximate surface area is 94.6 Å². The van der Waals surface area contributed by atoms with Crippen LogP contribution in [0, 0.1) is 0 Å². The van der Waals surface area contributed by atoms with Crippen molar-refractivity contribution < 1.29 is 18.7 Å². The number of amides is 3. The summed E-state index contributed by atoms with van der Waals surface area (Å²) in [6.45, 7) is 5.29. The molecular formula is C9H17N2O4P. The summed E-state index contributed by atoms with van der Waals surface area (Å²) in [6.07, 6.45) is 0.573. The lowest BCUT2D eigenvalue weighted by Gasteiger charge is -2.22. The van der Waals surface area contributed by atoms with Crippen LogP contribution in [0.4, 0.5) is 4.79 Å². The molecule has 1 saturated heterocycles. The molecule has 16 heavy (non-hydrogen) atoms. The normalized spacial score (nSPS) is 28.4. The van der Waals surface area contributed by atoms with Gasteiger partial charge in [-0.15, -0.1) is 0 Å². The van der Waals surface area contributed by atoms with E-state index in [4.69, 9.17) is 4.52 Å². The third-order valence-corrected chi connectivity index (χ3v) is 4.38. The Balaban J connectivity index is 2.58. The van der Waals surface area contributed by atoms with Gasteiger partial charge in [-0.1, -0.05) is 0 Å². The van der Waals surface area contributed by atoms with Gasteiger partial charge in [0, 0.05) is 12.8 Å². The van der Waals surface area contributed by atoms with Gasteiger partial charge in [0.15, 0.2) is 7.37 Å². The van der Waals surface area contributed by atoms with E-state index in [1.807, 2.05) is 0 Å². The number of imide groups is 1. The number of hydrogen-bond donors (Lipinski definition) is 2. The summed E-state index contributed by atoms with van der Waals surface area (Å²) in [7, 11) is -2.67. The smallest absolute Gasteiger partial charge is 0.322 e. The van der Waals surface area contributed by atoms with Crippen molar-refractivity contribution in [1.82, 2.24) is 10.6 Å². The van der Waals surface area contributed by atoms with Gasteiger partial charge in [0.25, 0.3) is 5.91 Å². The molecule has 0 radical (unpaired) electrons. The maximum atomic E-state index is 11.8. The summed E-state index contributed by atoms with van der Waals surface area (Å²) < 4.78 is 16.9. The van der Waals surface area contributed by atoms with Gasteiger partial charge >= 0.3 is 6.03 Å². The van der Waals surface area contributed by atoms with E-state index in [2.05, 4.69) is 10.6 Å². The Hall–Kier alpha value is -0.870. The molecule has 1 aliphatic heterocycles. The second-order valence-corrected chi connectivity index (χ2v) is 6.88. The zero-order valence-corrected chi connectivity index (χ0v) is 10.6.